The predicted octanol–water partition coefficient (Wildman–Crippen LogP) is 4.07. The monoisotopic (exact) mass is 642 g/mol. The number of alkyl halides is 1. The van der Waals surface area contributed by atoms with E-state index in [0.29, 0.717) is 0 Å². The smallest absolute Gasteiger partial charge is 0.235 e. The molecule has 1 aliphatic rings. The molecule has 0 aromatic heterocycles. The van der Waals surface area contributed by atoms with Gasteiger partial charge in [-0.2, -0.15) is 0 Å². The molecule has 4 N–H and O–H groups in total. The quantitative estimate of drug-likeness (QED) is 0.230. The Bertz CT molecular complexity index is 838. The predicted molar refractivity (Wildman–Crippen MR) is 122 cm³/mol. The zero-order valence-corrected chi connectivity index (χ0v) is 19.6. The van der Waals surface area contributed by atoms with Crippen LogP contribution in [0.2, 0.25) is 0 Å². The molecular weight excluding hydrogens is 626 g/mol. The lowest BCUT2D eigenvalue weighted by atomic mass is 9.90. The minimum atomic E-state index is -0.0885. The highest BCUT2D eigenvalue weighted by Crippen LogP contribution is 2.36. The van der Waals surface area contributed by atoms with Gasteiger partial charge >= 0.3 is 0 Å². The zero-order valence-electron chi connectivity index (χ0n) is 13.7. The number of phenolic OH excluding ortho intramolecular Hbond substituents is 2. The minimum absolute atomic E-state index is 0.0691. The summed E-state index contributed by atoms with van der Waals surface area (Å²) in [4.78, 5) is 11.7. The van der Waals surface area contributed by atoms with Crippen LogP contribution in [0, 0.1) is 7.14 Å². The molecule has 138 valence electrons. The van der Waals surface area contributed by atoms with E-state index < -0.39 is 0 Å². The first-order valence-corrected chi connectivity index (χ1v) is 11.3. The maximum Gasteiger partial charge on any atom is 0.235 e. The molecule has 1 unspecified atom stereocenters. The Morgan fingerprint density at radius 3 is 2.50 bits per heavy atom. The van der Waals surface area contributed by atoms with Crippen LogP contribution in [0.25, 0.3) is 0 Å². The minimum Gasteiger partial charge on any atom is -0.504 e. The Kier molecular flexibility index (Phi) is 6.68. The van der Waals surface area contributed by atoms with Crippen molar-refractivity contribution < 1.29 is 15.0 Å². The van der Waals surface area contributed by atoms with Gasteiger partial charge in [0.1, 0.15) is 0 Å². The lowest BCUT2D eigenvalue weighted by Gasteiger charge is -2.28. The van der Waals surface area contributed by atoms with E-state index in [-0.39, 0.29) is 28.8 Å². The van der Waals surface area contributed by atoms with E-state index in [1.165, 1.54) is 0 Å². The molecule has 0 bridgehead atoms. The third-order valence-electron chi connectivity index (χ3n) is 4.32. The number of fused-ring (bicyclic) bond motifs is 1. The van der Waals surface area contributed by atoms with E-state index in [1.54, 1.807) is 12.1 Å². The number of amides is 1. The highest BCUT2D eigenvalue weighted by molar-refractivity contribution is 14.1. The zero-order chi connectivity index (χ0) is 18.8. The summed E-state index contributed by atoms with van der Waals surface area (Å²) >= 11 is 7.64. The van der Waals surface area contributed by atoms with Crippen LogP contribution < -0.4 is 10.6 Å². The first kappa shape index (κ1) is 20.2. The van der Waals surface area contributed by atoms with Gasteiger partial charge in [0.2, 0.25) is 5.91 Å². The molecule has 26 heavy (non-hydrogen) atoms. The molecule has 0 spiro atoms. The van der Waals surface area contributed by atoms with Crippen molar-refractivity contribution in [1.82, 2.24) is 5.32 Å². The normalized spacial score (nSPS) is 16.2. The molecule has 2 aromatic carbocycles. The van der Waals surface area contributed by atoms with E-state index >= 15 is 0 Å². The number of aromatic hydroxyl groups is 2. The van der Waals surface area contributed by atoms with Gasteiger partial charge < -0.3 is 20.8 Å². The van der Waals surface area contributed by atoms with Gasteiger partial charge in [-0.05, 0) is 106 Å². The van der Waals surface area contributed by atoms with Crippen LogP contribution >= 0.6 is 61.1 Å². The average molecular weight is 643 g/mol. The number of carbonyl (C=O) groups excluding carboxylic acids is 1. The number of carbonyl (C=O) groups is 1. The van der Waals surface area contributed by atoms with Crippen LogP contribution in [0.3, 0.4) is 0 Å². The molecule has 3 rings (SSSR count). The summed E-state index contributed by atoms with van der Waals surface area (Å²) in [6.45, 7) is 0.829. The SMILES string of the molecule is O=C(CBr)Nc1c(I)cc(CC2NCCc3cc(O)c(O)cc32)cc1I. The highest BCUT2D eigenvalue weighted by atomic mass is 127. The second kappa shape index (κ2) is 8.61. The number of phenols is 2. The first-order valence-electron chi connectivity index (χ1n) is 8.01. The molecule has 1 amide bonds. The first-order chi connectivity index (χ1) is 12.4. The van der Waals surface area contributed by atoms with Gasteiger partial charge in [0.15, 0.2) is 11.5 Å². The van der Waals surface area contributed by atoms with Gasteiger partial charge in [-0.15, -0.1) is 0 Å². The van der Waals surface area contributed by atoms with E-state index in [1.807, 2.05) is 0 Å². The summed E-state index contributed by atoms with van der Waals surface area (Å²) in [5.74, 6) is -0.235. The van der Waals surface area contributed by atoms with Gasteiger partial charge in [0.25, 0.3) is 0 Å². The average Bonchev–Trinajstić information content (AvgIpc) is 2.59. The number of rotatable bonds is 4. The highest BCUT2D eigenvalue weighted by Gasteiger charge is 2.23. The van der Waals surface area contributed by atoms with Crippen LogP contribution in [0.15, 0.2) is 24.3 Å². The fourth-order valence-electron chi connectivity index (χ4n) is 3.12. The summed E-state index contributed by atoms with van der Waals surface area (Å²) in [6.07, 6.45) is 1.59. The molecule has 0 fully saturated rings. The van der Waals surface area contributed by atoms with Crippen LogP contribution in [0.4, 0.5) is 5.69 Å². The molecule has 2 aromatic rings. The van der Waals surface area contributed by atoms with Crippen molar-refractivity contribution >= 4 is 72.7 Å². The van der Waals surface area contributed by atoms with Gasteiger partial charge in [0.05, 0.1) is 11.0 Å². The third kappa shape index (κ3) is 4.45. The van der Waals surface area contributed by atoms with Crippen molar-refractivity contribution in [3.8, 4) is 11.5 Å². The Hall–Kier alpha value is -0.590. The van der Waals surface area contributed by atoms with Gasteiger partial charge in [-0.25, -0.2) is 0 Å². The Morgan fingerprint density at radius 2 is 1.85 bits per heavy atom. The summed E-state index contributed by atoms with van der Waals surface area (Å²) in [5, 5.41) is 26.3. The van der Waals surface area contributed by atoms with E-state index in [9.17, 15) is 15.0 Å². The summed E-state index contributed by atoms with van der Waals surface area (Å²) in [6, 6.07) is 7.53. The summed E-state index contributed by atoms with van der Waals surface area (Å²) in [7, 11) is 0. The molecule has 0 radical (unpaired) electrons. The standard InChI is InChI=1S/C18H17BrI2N2O3/c19-8-17(26)23-18-12(20)3-9(4-13(18)21)5-14-11-7-16(25)15(24)6-10(11)1-2-22-14/h3-4,6-7,14,22,24-25H,1-2,5,8H2,(H,23,26). The van der Waals surface area contributed by atoms with Crippen LogP contribution in [-0.2, 0) is 17.6 Å². The molecule has 1 heterocycles. The van der Waals surface area contributed by atoms with Crippen molar-refractivity contribution in [3.63, 3.8) is 0 Å². The van der Waals surface area contributed by atoms with Crippen molar-refractivity contribution in [2.45, 2.75) is 18.9 Å². The topological polar surface area (TPSA) is 81.6 Å². The largest absolute Gasteiger partial charge is 0.504 e. The number of halogens is 3. The molecule has 0 saturated heterocycles. The van der Waals surface area contributed by atoms with Gasteiger partial charge in [-0.3, -0.25) is 4.79 Å². The van der Waals surface area contributed by atoms with Crippen molar-refractivity contribution in [2.75, 3.05) is 17.2 Å². The number of anilines is 1. The fraction of sp³-hybridized carbons (Fsp3) is 0.278. The molecular formula is C18H17BrI2N2O3. The molecule has 1 aliphatic heterocycles. The van der Waals surface area contributed by atoms with Crippen LogP contribution in [-0.4, -0.2) is 28.0 Å². The van der Waals surface area contributed by atoms with E-state index in [0.717, 1.165) is 48.9 Å². The van der Waals surface area contributed by atoms with Crippen LogP contribution in [0.5, 0.6) is 11.5 Å². The van der Waals surface area contributed by atoms with Crippen molar-refractivity contribution in [3.05, 3.63) is 48.1 Å². The lowest BCUT2D eigenvalue weighted by Crippen LogP contribution is -2.31. The van der Waals surface area contributed by atoms with E-state index in [2.05, 4.69) is 83.9 Å². The maximum atomic E-state index is 11.7. The van der Waals surface area contributed by atoms with Crippen molar-refractivity contribution in [2.24, 2.45) is 0 Å². The van der Waals surface area contributed by atoms with Gasteiger partial charge in [0, 0.05) is 13.2 Å². The molecule has 5 nitrogen and oxygen atoms in total. The van der Waals surface area contributed by atoms with Gasteiger partial charge in [-0.1, -0.05) is 15.9 Å². The summed E-state index contributed by atoms with van der Waals surface area (Å²) < 4.78 is 1.98. The number of hydrogen-bond donors (Lipinski definition) is 4. The lowest BCUT2D eigenvalue weighted by molar-refractivity contribution is -0.113. The molecule has 1 atom stereocenters. The number of hydrogen-bond acceptors (Lipinski definition) is 4. The molecule has 0 saturated carbocycles. The number of nitrogens with one attached hydrogen (secondary N) is 2. The fourth-order valence-corrected chi connectivity index (χ4v) is 5.43. The Labute approximate surface area is 187 Å². The second-order valence-corrected chi connectivity index (χ2v) is 9.00. The number of benzene rings is 2. The molecule has 0 aliphatic carbocycles. The Balaban J connectivity index is 1.87. The van der Waals surface area contributed by atoms with E-state index in [4.69, 9.17) is 0 Å². The maximum absolute atomic E-state index is 11.7. The third-order valence-corrected chi connectivity index (χ3v) is 6.54. The second-order valence-electron chi connectivity index (χ2n) is 6.12. The van der Waals surface area contributed by atoms with Crippen LogP contribution in [0.1, 0.15) is 22.7 Å². The summed E-state index contributed by atoms with van der Waals surface area (Å²) in [5.41, 5.74) is 4.07. The van der Waals surface area contributed by atoms with Crippen molar-refractivity contribution in [1.29, 1.82) is 0 Å². The Morgan fingerprint density at radius 1 is 1.19 bits per heavy atom. The molecule has 8 heteroatoms.